The Morgan fingerprint density at radius 2 is 2.20 bits per heavy atom. The first-order valence-corrected chi connectivity index (χ1v) is 5.31. The molecule has 0 saturated heterocycles. The maximum Gasteiger partial charge on any atom is 0.253 e. The van der Waals surface area contributed by atoms with Gasteiger partial charge in [0.25, 0.3) is 5.91 Å². The molecule has 1 aromatic carbocycles. The molecule has 0 atom stereocenters. The second-order valence-electron chi connectivity index (χ2n) is 2.86. The summed E-state index contributed by atoms with van der Waals surface area (Å²) >= 11 is 15.5. The average Bonchev–Trinajstić information content (AvgIpc) is 2.18. The Bertz CT molecular complexity index is 406. The van der Waals surface area contributed by atoms with Crippen LogP contribution in [0.2, 0.25) is 5.02 Å². The molecule has 0 radical (unpaired) electrons. The molecule has 0 aromatic heterocycles. The molecule has 1 N–H and O–H groups in total. The smallest absolute Gasteiger partial charge is 0.253 e. The SMILES string of the molecule is C=C(Cl)CNC(=O)c1cc(S)ccc1Cl. The highest BCUT2D eigenvalue weighted by molar-refractivity contribution is 7.80. The molecular formula is C10H9Cl2NOS. The van der Waals surface area contributed by atoms with E-state index in [0.717, 1.165) is 0 Å². The van der Waals surface area contributed by atoms with Gasteiger partial charge in [-0.1, -0.05) is 29.8 Å². The van der Waals surface area contributed by atoms with Gasteiger partial charge in [-0.3, -0.25) is 4.79 Å². The van der Waals surface area contributed by atoms with Gasteiger partial charge < -0.3 is 5.32 Å². The van der Waals surface area contributed by atoms with E-state index in [1.165, 1.54) is 0 Å². The highest BCUT2D eigenvalue weighted by Crippen LogP contribution is 2.19. The molecule has 15 heavy (non-hydrogen) atoms. The Morgan fingerprint density at radius 3 is 2.80 bits per heavy atom. The number of hydrogen-bond acceptors (Lipinski definition) is 2. The summed E-state index contributed by atoms with van der Waals surface area (Å²) in [5.74, 6) is -0.294. The predicted molar refractivity (Wildman–Crippen MR) is 66.0 cm³/mol. The molecule has 0 aliphatic carbocycles. The summed E-state index contributed by atoms with van der Waals surface area (Å²) < 4.78 is 0. The van der Waals surface area contributed by atoms with Gasteiger partial charge in [-0.25, -0.2) is 0 Å². The van der Waals surface area contributed by atoms with Crippen molar-refractivity contribution in [3.05, 3.63) is 40.4 Å². The molecule has 1 aromatic rings. The van der Waals surface area contributed by atoms with E-state index in [0.29, 0.717) is 20.5 Å². The van der Waals surface area contributed by atoms with Gasteiger partial charge in [-0.05, 0) is 18.2 Å². The van der Waals surface area contributed by atoms with Crippen LogP contribution >= 0.6 is 35.8 Å². The summed E-state index contributed by atoms with van der Waals surface area (Å²) in [6.45, 7) is 3.68. The zero-order valence-corrected chi connectivity index (χ0v) is 10.2. The number of nitrogens with one attached hydrogen (secondary N) is 1. The van der Waals surface area contributed by atoms with Crippen LogP contribution in [0.25, 0.3) is 0 Å². The molecule has 0 bridgehead atoms. The number of rotatable bonds is 3. The van der Waals surface area contributed by atoms with Crippen molar-refractivity contribution in [3.63, 3.8) is 0 Å². The van der Waals surface area contributed by atoms with Crippen molar-refractivity contribution >= 4 is 41.7 Å². The minimum Gasteiger partial charge on any atom is -0.347 e. The second kappa shape index (κ2) is 5.45. The lowest BCUT2D eigenvalue weighted by Gasteiger charge is -2.06. The molecule has 0 aliphatic rings. The first-order chi connectivity index (χ1) is 7.00. The monoisotopic (exact) mass is 261 g/mol. The average molecular weight is 262 g/mol. The van der Waals surface area contributed by atoms with E-state index in [4.69, 9.17) is 23.2 Å². The van der Waals surface area contributed by atoms with Crippen molar-refractivity contribution in [1.29, 1.82) is 0 Å². The molecule has 0 unspecified atom stereocenters. The van der Waals surface area contributed by atoms with Gasteiger partial charge in [-0.15, -0.1) is 12.6 Å². The van der Waals surface area contributed by atoms with Crippen molar-refractivity contribution in [2.45, 2.75) is 4.90 Å². The van der Waals surface area contributed by atoms with Crippen molar-refractivity contribution in [3.8, 4) is 0 Å². The third kappa shape index (κ3) is 3.78. The van der Waals surface area contributed by atoms with Gasteiger partial charge >= 0.3 is 0 Å². The van der Waals surface area contributed by atoms with Crippen molar-refractivity contribution in [1.82, 2.24) is 5.32 Å². The van der Waals surface area contributed by atoms with Crippen molar-refractivity contribution in [2.24, 2.45) is 0 Å². The van der Waals surface area contributed by atoms with Crippen LogP contribution in [0.4, 0.5) is 0 Å². The first-order valence-electron chi connectivity index (χ1n) is 4.10. The number of amides is 1. The molecule has 0 aliphatic heterocycles. The van der Waals surface area contributed by atoms with Crippen LogP contribution in [0, 0.1) is 0 Å². The van der Waals surface area contributed by atoms with E-state index in [2.05, 4.69) is 24.5 Å². The van der Waals surface area contributed by atoms with Crippen LogP contribution in [0.3, 0.4) is 0 Å². The molecule has 1 amide bonds. The number of thiol groups is 1. The minimum absolute atomic E-state index is 0.216. The number of hydrogen-bond donors (Lipinski definition) is 2. The van der Waals surface area contributed by atoms with E-state index >= 15 is 0 Å². The number of halogens is 2. The quantitative estimate of drug-likeness (QED) is 0.805. The Hall–Kier alpha value is -0.640. The number of carbonyl (C=O) groups excluding carboxylic acids is 1. The van der Waals surface area contributed by atoms with Crippen LogP contribution in [0.15, 0.2) is 34.7 Å². The van der Waals surface area contributed by atoms with Crippen LogP contribution in [0.5, 0.6) is 0 Å². The maximum atomic E-state index is 11.6. The molecule has 0 spiro atoms. The minimum atomic E-state index is -0.294. The Morgan fingerprint density at radius 1 is 1.53 bits per heavy atom. The summed E-state index contributed by atoms with van der Waals surface area (Å²) in [6, 6.07) is 4.93. The maximum absolute atomic E-state index is 11.6. The van der Waals surface area contributed by atoms with Gasteiger partial charge in [0.15, 0.2) is 0 Å². The molecule has 1 rings (SSSR count). The van der Waals surface area contributed by atoms with Gasteiger partial charge in [0, 0.05) is 9.93 Å². The molecule has 5 heteroatoms. The summed E-state index contributed by atoms with van der Waals surface area (Å²) in [4.78, 5) is 12.3. The van der Waals surface area contributed by atoms with Crippen LogP contribution < -0.4 is 5.32 Å². The fourth-order valence-corrected chi connectivity index (χ4v) is 1.43. The normalized spacial score (nSPS) is 9.80. The zero-order chi connectivity index (χ0) is 11.4. The summed E-state index contributed by atoms with van der Waals surface area (Å²) in [5.41, 5.74) is 0.377. The zero-order valence-electron chi connectivity index (χ0n) is 7.76. The lowest BCUT2D eigenvalue weighted by atomic mass is 10.2. The van der Waals surface area contributed by atoms with Crippen LogP contribution in [0.1, 0.15) is 10.4 Å². The molecule has 2 nitrogen and oxygen atoms in total. The predicted octanol–water partition coefficient (Wildman–Crippen LogP) is 3.11. The second-order valence-corrected chi connectivity index (χ2v) is 4.32. The van der Waals surface area contributed by atoms with Gasteiger partial charge in [0.1, 0.15) is 0 Å². The highest BCUT2D eigenvalue weighted by Gasteiger charge is 2.09. The molecule has 0 fully saturated rings. The Labute approximate surface area is 104 Å². The standard InChI is InChI=1S/C10H9Cl2NOS/c1-6(11)5-13-10(14)8-4-7(15)2-3-9(8)12/h2-4,15H,1,5H2,(H,13,14). The summed E-state index contributed by atoms with van der Waals surface area (Å²) in [6.07, 6.45) is 0. The topological polar surface area (TPSA) is 29.1 Å². The van der Waals surface area contributed by atoms with Crippen molar-refractivity contribution in [2.75, 3.05) is 6.54 Å². The van der Waals surface area contributed by atoms with Gasteiger partial charge in [-0.2, -0.15) is 0 Å². The third-order valence-corrected chi connectivity index (χ3v) is 2.38. The molecular weight excluding hydrogens is 253 g/mol. The van der Waals surface area contributed by atoms with Gasteiger partial charge in [0.2, 0.25) is 0 Å². The Balaban J connectivity index is 2.81. The number of carbonyl (C=O) groups is 1. The molecule has 0 saturated carbocycles. The lowest BCUT2D eigenvalue weighted by Crippen LogP contribution is -2.24. The largest absolute Gasteiger partial charge is 0.347 e. The van der Waals surface area contributed by atoms with Crippen LogP contribution in [-0.2, 0) is 0 Å². The number of benzene rings is 1. The van der Waals surface area contributed by atoms with Crippen LogP contribution in [-0.4, -0.2) is 12.5 Å². The summed E-state index contributed by atoms with van der Waals surface area (Å²) in [5, 5.41) is 3.32. The van der Waals surface area contributed by atoms with E-state index in [-0.39, 0.29) is 12.5 Å². The van der Waals surface area contributed by atoms with E-state index < -0.39 is 0 Å². The van der Waals surface area contributed by atoms with E-state index in [1.807, 2.05) is 0 Å². The van der Waals surface area contributed by atoms with Crippen molar-refractivity contribution < 1.29 is 4.79 Å². The fraction of sp³-hybridized carbons (Fsp3) is 0.100. The third-order valence-electron chi connectivity index (χ3n) is 1.64. The van der Waals surface area contributed by atoms with Gasteiger partial charge in [0.05, 0.1) is 17.1 Å². The molecule has 80 valence electrons. The Kier molecular flexibility index (Phi) is 4.51. The molecule has 0 heterocycles. The lowest BCUT2D eigenvalue weighted by molar-refractivity contribution is 0.0957. The van der Waals surface area contributed by atoms with E-state index in [9.17, 15) is 4.79 Å². The van der Waals surface area contributed by atoms with E-state index in [1.54, 1.807) is 18.2 Å². The fourth-order valence-electron chi connectivity index (χ4n) is 0.959. The highest BCUT2D eigenvalue weighted by atomic mass is 35.5. The summed E-state index contributed by atoms with van der Waals surface area (Å²) in [7, 11) is 0. The first kappa shape index (κ1) is 12.4.